The minimum atomic E-state index is -0.643. The summed E-state index contributed by atoms with van der Waals surface area (Å²) in [6.45, 7) is 0. The van der Waals surface area contributed by atoms with Crippen molar-refractivity contribution in [3.63, 3.8) is 0 Å². The summed E-state index contributed by atoms with van der Waals surface area (Å²) < 4.78 is 4.90. The van der Waals surface area contributed by atoms with Gasteiger partial charge in [-0.2, -0.15) is 0 Å². The first-order chi connectivity index (χ1) is 5.72. The number of primary amides is 1. The van der Waals surface area contributed by atoms with E-state index in [1.165, 1.54) is 13.3 Å². The molecule has 0 bridgehead atoms. The van der Waals surface area contributed by atoms with Gasteiger partial charge in [-0.05, 0) is 6.07 Å². The highest BCUT2D eigenvalue weighted by Crippen LogP contribution is 2.12. The number of ether oxygens (including phenoxy) is 1. The number of nitrogens with zero attached hydrogens (tertiary/aromatic N) is 1. The third-order valence-corrected chi connectivity index (χ3v) is 1.22. The molecule has 0 radical (unpaired) electrons. The molecule has 2 amide bonds. The number of carbonyl (C=O) groups is 1. The summed E-state index contributed by atoms with van der Waals surface area (Å²) >= 11 is 0. The van der Waals surface area contributed by atoms with Crippen LogP contribution in [0, 0.1) is 0 Å². The Balaban J connectivity index is 2.79. The second-order valence-electron chi connectivity index (χ2n) is 2.07. The van der Waals surface area contributed by atoms with Crippen molar-refractivity contribution < 1.29 is 9.53 Å². The fourth-order valence-electron chi connectivity index (χ4n) is 0.733. The number of hydrogen-bond acceptors (Lipinski definition) is 3. The Hall–Kier alpha value is -1.78. The monoisotopic (exact) mass is 167 g/mol. The number of nitrogens with one attached hydrogen (secondary N) is 1. The van der Waals surface area contributed by atoms with E-state index in [2.05, 4.69) is 10.3 Å². The Morgan fingerprint density at radius 3 is 3.08 bits per heavy atom. The van der Waals surface area contributed by atoms with Crippen molar-refractivity contribution in [2.24, 2.45) is 5.73 Å². The lowest BCUT2D eigenvalue weighted by atomic mass is 10.4. The molecule has 0 aliphatic carbocycles. The summed E-state index contributed by atoms with van der Waals surface area (Å²) in [4.78, 5) is 14.2. The molecule has 3 N–H and O–H groups in total. The van der Waals surface area contributed by atoms with Crippen LogP contribution in [0.4, 0.5) is 10.6 Å². The van der Waals surface area contributed by atoms with Gasteiger partial charge >= 0.3 is 6.03 Å². The SMILES string of the molecule is COc1ccnc(NC(N)=O)c1. The zero-order valence-corrected chi connectivity index (χ0v) is 6.57. The molecule has 0 aliphatic rings. The molecule has 12 heavy (non-hydrogen) atoms. The van der Waals surface area contributed by atoms with Gasteiger partial charge in [0, 0.05) is 12.3 Å². The molecule has 0 saturated carbocycles. The molecule has 5 nitrogen and oxygen atoms in total. The molecule has 64 valence electrons. The highest BCUT2D eigenvalue weighted by molar-refractivity contribution is 5.86. The number of aromatic nitrogens is 1. The van der Waals surface area contributed by atoms with Crippen molar-refractivity contribution in [1.82, 2.24) is 4.98 Å². The number of nitrogens with two attached hydrogens (primary N) is 1. The minimum absolute atomic E-state index is 0.377. The van der Waals surface area contributed by atoms with Gasteiger partial charge < -0.3 is 10.5 Å². The van der Waals surface area contributed by atoms with Gasteiger partial charge in [0.25, 0.3) is 0 Å². The molecule has 1 rings (SSSR count). The van der Waals surface area contributed by atoms with Gasteiger partial charge in [-0.25, -0.2) is 9.78 Å². The number of amides is 2. The normalized spacial score (nSPS) is 9.08. The summed E-state index contributed by atoms with van der Waals surface area (Å²) in [7, 11) is 1.53. The zero-order chi connectivity index (χ0) is 8.97. The highest BCUT2D eigenvalue weighted by Gasteiger charge is 1.98. The molecule has 5 heteroatoms. The van der Waals surface area contributed by atoms with E-state index in [9.17, 15) is 4.79 Å². The Morgan fingerprint density at radius 2 is 2.50 bits per heavy atom. The zero-order valence-electron chi connectivity index (χ0n) is 6.57. The summed E-state index contributed by atoms with van der Waals surface area (Å²) in [5.41, 5.74) is 4.89. The van der Waals surface area contributed by atoms with Crippen LogP contribution in [0.25, 0.3) is 0 Å². The fourth-order valence-corrected chi connectivity index (χ4v) is 0.733. The largest absolute Gasteiger partial charge is 0.497 e. The first kappa shape index (κ1) is 8.32. The van der Waals surface area contributed by atoms with Crippen LogP contribution in [0.2, 0.25) is 0 Å². The van der Waals surface area contributed by atoms with Gasteiger partial charge in [-0.3, -0.25) is 5.32 Å². The number of anilines is 1. The summed E-state index contributed by atoms with van der Waals surface area (Å²) in [5, 5.41) is 2.33. The van der Waals surface area contributed by atoms with Crippen LogP contribution in [-0.4, -0.2) is 18.1 Å². The van der Waals surface area contributed by atoms with Crippen molar-refractivity contribution in [3.8, 4) is 5.75 Å². The van der Waals surface area contributed by atoms with E-state index in [0.717, 1.165) is 0 Å². The molecule has 0 saturated heterocycles. The van der Waals surface area contributed by atoms with Gasteiger partial charge in [0.2, 0.25) is 0 Å². The topological polar surface area (TPSA) is 77.2 Å². The van der Waals surface area contributed by atoms with Crippen LogP contribution in [0.15, 0.2) is 18.3 Å². The summed E-state index contributed by atoms with van der Waals surface area (Å²) in [5.74, 6) is 0.996. The second-order valence-corrected chi connectivity index (χ2v) is 2.07. The van der Waals surface area contributed by atoms with E-state index in [4.69, 9.17) is 10.5 Å². The minimum Gasteiger partial charge on any atom is -0.497 e. The number of rotatable bonds is 2. The van der Waals surface area contributed by atoms with Crippen molar-refractivity contribution in [3.05, 3.63) is 18.3 Å². The maximum atomic E-state index is 10.4. The third kappa shape index (κ3) is 2.12. The van der Waals surface area contributed by atoms with E-state index >= 15 is 0 Å². The molecular formula is C7H9N3O2. The summed E-state index contributed by atoms with van der Waals surface area (Å²) in [6, 6.07) is 2.60. The standard InChI is InChI=1S/C7H9N3O2/c1-12-5-2-3-9-6(4-5)10-7(8)11/h2-4H,1H3,(H3,8,9,10,11). The smallest absolute Gasteiger partial charge is 0.317 e. The number of urea groups is 1. The molecule has 0 aliphatic heterocycles. The Bertz CT molecular complexity index is 288. The maximum Gasteiger partial charge on any atom is 0.317 e. The first-order valence-corrected chi connectivity index (χ1v) is 3.29. The van der Waals surface area contributed by atoms with Crippen molar-refractivity contribution in [1.29, 1.82) is 0 Å². The van der Waals surface area contributed by atoms with Gasteiger partial charge in [0.05, 0.1) is 7.11 Å². The molecular weight excluding hydrogens is 158 g/mol. The predicted octanol–water partition coefficient (Wildman–Crippen LogP) is 0.581. The maximum absolute atomic E-state index is 10.4. The van der Waals surface area contributed by atoms with E-state index in [1.54, 1.807) is 12.1 Å². The van der Waals surface area contributed by atoms with Crippen molar-refractivity contribution in [2.75, 3.05) is 12.4 Å². The van der Waals surface area contributed by atoms with E-state index in [-0.39, 0.29) is 0 Å². The van der Waals surface area contributed by atoms with Crippen molar-refractivity contribution in [2.45, 2.75) is 0 Å². The first-order valence-electron chi connectivity index (χ1n) is 3.29. The van der Waals surface area contributed by atoms with Gasteiger partial charge in [-0.15, -0.1) is 0 Å². The molecule has 1 heterocycles. The lowest BCUT2D eigenvalue weighted by molar-refractivity contribution is 0.259. The lowest BCUT2D eigenvalue weighted by Crippen LogP contribution is -2.19. The molecule has 0 atom stereocenters. The average Bonchev–Trinajstić information content (AvgIpc) is 2.03. The van der Waals surface area contributed by atoms with Crippen LogP contribution in [0.5, 0.6) is 5.75 Å². The van der Waals surface area contributed by atoms with Crippen LogP contribution >= 0.6 is 0 Å². The predicted molar refractivity (Wildman–Crippen MR) is 44.0 cm³/mol. The fraction of sp³-hybridized carbons (Fsp3) is 0.143. The van der Waals surface area contributed by atoms with Gasteiger partial charge in [-0.1, -0.05) is 0 Å². The van der Waals surface area contributed by atoms with Gasteiger partial charge in [0.15, 0.2) is 0 Å². The Morgan fingerprint density at radius 1 is 1.75 bits per heavy atom. The van der Waals surface area contributed by atoms with Gasteiger partial charge in [0.1, 0.15) is 11.6 Å². The number of pyridine rings is 1. The summed E-state index contributed by atoms with van der Waals surface area (Å²) in [6.07, 6.45) is 1.52. The van der Waals surface area contributed by atoms with E-state index in [0.29, 0.717) is 11.6 Å². The van der Waals surface area contributed by atoms with E-state index < -0.39 is 6.03 Å². The van der Waals surface area contributed by atoms with Crippen LogP contribution in [0.3, 0.4) is 0 Å². The molecule has 0 aromatic carbocycles. The molecule has 0 fully saturated rings. The number of hydrogen-bond donors (Lipinski definition) is 2. The average molecular weight is 167 g/mol. The quantitative estimate of drug-likeness (QED) is 0.676. The van der Waals surface area contributed by atoms with Crippen LogP contribution in [0.1, 0.15) is 0 Å². The molecule has 1 aromatic heterocycles. The molecule has 0 spiro atoms. The number of carbonyl (C=O) groups excluding carboxylic acids is 1. The van der Waals surface area contributed by atoms with Crippen molar-refractivity contribution >= 4 is 11.8 Å². The number of methoxy groups -OCH3 is 1. The van der Waals surface area contributed by atoms with Crippen LogP contribution in [-0.2, 0) is 0 Å². The third-order valence-electron chi connectivity index (χ3n) is 1.22. The van der Waals surface area contributed by atoms with Crippen LogP contribution < -0.4 is 15.8 Å². The molecule has 0 unspecified atom stereocenters. The van der Waals surface area contributed by atoms with E-state index in [1.807, 2.05) is 0 Å². The highest BCUT2D eigenvalue weighted by atomic mass is 16.5. The Kier molecular flexibility index (Phi) is 2.47. The second kappa shape index (κ2) is 3.56. The Labute approximate surface area is 69.5 Å². The lowest BCUT2D eigenvalue weighted by Gasteiger charge is -2.02. The molecule has 1 aromatic rings.